The number of phenols is 1. The van der Waals surface area contributed by atoms with Crippen LogP contribution < -0.4 is 0 Å². The number of hydrogen-bond acceptors (Lipinski definition) is 3. The van der Waals surface area contributed by atoms with Crippen molar-refractivity contribution in [1.82, 2.24) is 9.88 Å². The molecule has 110 valence electrons. The van der Waals surface area contributed by atoms with E-state index in [4.69, 9.17) is 0 Å². The van der Waals surface area contributed by atoms with E-state index in [2.05, 4.69) is 30.0 Å². The van der Waals surface area contributed by atoms with Crippen LogP contribution in [-0.2, 0) is 6.42 Å². The van der Waals surface area contributed by atoms with Crippen LogP contribution in [0.2, 0.25) is 0 Å². The summed E-state index contributed by atoms with van der Waals surface area (Å²) in [6.45, 7) is 0.916. The molecule has 0 amide bonds. The van der Waals surface area contributed by atoms with E-state index in [0.29, 0.717) is 5.75 Å². The summed E-state index contributed by atoms with van der Waals surface area (Å²) in [7, 11) is 4.16. The maximum Gasteiger partial charge on any atom is 0.115 e. The first kappa shape index (κ1) is 15.5. The molecule has 0 radical (unpaired) electrons. The van der Waals surface area contributed by atoms with Crippen molar-refractivity contribution in [1.29, 1.82) is 0 Å². The lowest BCUT2D eigenvalue weighted by Gasteiger charge is -2.13. The molecular weight excluding hydrogens is 284 g/mol. The second kappa shape index (κ2) is 6.29. The molecule has 1 aliphatic carbocycles. The smallest absolute Gasteiger partial charge is 0.115 e. The second-order valence-corrected chi connectivity index (χ2v) is 5.48. The zero-order valence-corrected chi connectivity index (χ0v) is 13.0. The number of fused-ring (bicyclic) bond motifs is 1. The Morgan fingerprint density at radius 3 is 2.71 bits per heavy atom. The van der Waals surface area contributed by atoms with Gasteiger partial charge in [-0.25, -0.2) is 0 Å². The average Bonchev–Trinajstić information content (AvgIpc) is 2.75. The van der Waals surface area contributed by atoms with Crippen LogP contribution in [-0.4, -0.2) is 35.6 Å². The molecule has 3 rings (SSSR count). The minimum absolute atomic E-state index is 0. The fourth-order valence-corrected chi connectivity index (χ4v) is 2.87. The summed E-state index contributed by atoms with van der Waals surface area (Å²) in [6, 6.07) is 9.70. The first-order chi connectivity index (χ1) is 9.65. The standard InChI is InChI=1S/C17H18N2O.ClH/c1-19(2)11-14-8-13-9-15(20)5-6-16(13)17(14)12-4-3-7-18-10-12;/h3-7,9-10,20H,8,11H2,1-2H3;1H. The van der Waals surface area contributed by atoms with Crippen LogP contribution >= 0.6 is 12.4 Å². The molecule has 0 unspecified atom stereocenters. The molecular formula is C17H19ClN2O. The molecule has 0 saturated carbocycles. The number of benzene rings is 1. The topological polar surface area (TPSA) is 36.4 Å². The Bertz CT molecular complexity index is 666. The van der Waals surface area contributed by atoms with E-state index in [1.165, 1.54) is 22.3 Å². The molecule has 0 bridgehead atoms. The Balaban J connectivity index is 0.00000161. The molecule has 0 atom stereocenters. The average molecular weight is 303 g/mol. The molecule has 1 heterocycles. The number of hydrogen-bond donors (Lipinski definition) is 1. The van der Waals surface area contributed by atoms with Crippen molar-refractivity contribution >= 4 is 18.0 Å². The SMILES string of the molecule is CN(C)CC1=C(c2cccnc2)c2ccc(O)cc2C1.Cl. The number of aromatic nitrogens is 1. The second-order valence-electron chi connectivity index (χ2n) is 5.48. The lowest BCUT2D eigenvalue weighted by atomic mass is 9.99. The number of aromatic hydroxyl groups is 1. The highest BCUT2D eigenvalue weighted by atomic mass is 35.5. The largest absolute Gasteiger partial charge is 0.508 e. The molecule has 3 nitrogen and oxygen atoms in total. The van der Waals surface area contributed by atoms with Gasteiger partial charge in [0.15, 0.2) is 0 Å². The predicted octanol–water partition coefficient (Wildman–Crippen LogP) is 3.13. The predicted molar refractivity (Wildman–Crippen MR) is 87.9 cm³/mol. The van der Waals surface area contributed by atoms with Crippen molar-refractivity contribution in [2.45, 2.75) is 6.42 Å². The summed E-state index contributed by atoms with van der Waals surface area (Å²) >= 11 is 0. The minimum atomic E-state index is 0. The molecule has 21 heavy (non-hydrogen) atoms. The fourth-order valence-electron chi connectivity index (χ4n) is 2.87. The van der Waals surface area contributed by atoms with Gasteiger partial charge in [-0.3, -0.25) is 4.98 Å². The Morgan fingerprint density at radius 2 is 2.05 bits per heavy atom. The lowest BCUT2D eigenvalue weighted by molar-refractivity contribution is 0.443. The van der Waals surface area contributed by atoms with Gasteiger partial charge in [0.1, 0.15) is 5.75 Å². The van der Waals surface area contributed by atoms with Gasteiger partial charge in [0.2, 0.25) is 0 Å². The van der Waals surface area contributed by atoms with Gasteiger partial charge in [0, 0.05) is 24.5 Å². The summed E-state index contributed by atoms with van der Waals surface area (Å²) in [5.74, 6) is 0.334. The number of rotatable bonds is 3. The Hall–Kier alpha value is -1.84. The summed E-state index contributed by atoms with van der Waals surface area (Å²) < 4.78 is 0. The third-order valence-corrected chi connectivity index (χ3v) is 3.57. The van der Waals surface area contributed by atoms with Crippen molar-refractivity contribution in [3.8, 4) is 5.75 Å². The first-order valence-electron chi connectivity index (χ1n) is 6.74. The molecule has 1 aromatic heterocycles. The Morgan fingerprint density at radius 1 is 1.24 bits per heavy atom. The highest BCUT2D eigenvalue weighted by Crippen LogP contribution is 2.38. The van der Waals surface area contributed by atoms with Gasteiger partial charge >= 0.3 is 0 Å². The molecule has 1 aliphatic rings. The molecule has 0 fully saturated rings. The van der Waals surface area contributed by atoms with Crippen LogP contribution in [0, 0.1) is 0 Å². The van der Waals surface area contributed by atoms with Gasteiger partial charge < -0.3 is 10.0 Å². The van der Waals surface area contributed by atoms with Gasteiger partial charge in [-0.15, -0.1) is 12.4 Å². The van der Waals surface area contributed by atoms with E-state index in [9.17, 15) is 5.11 Å². The van der Waals surface area contributed by atoms with E-state index in [1.807, 2.05) is 24.4 Å². The number of halogens is 1. The third kappa shape index (κ3) is 3.09. The Kier molecular flexibility index (Phi) is 4.66. The van der Waals surface area contributed by atoms with E-state index in [0.717, 1.165) is 18.5 Å². The Labute approximate surface area is 131 Å². The quantitative estimate of drug-likeness (QED) is 0.946. The van der Waals surface area contributed by atoms with E-state index in [-0.39, 0.29) is 12.4 Å². The lowest BCUT2D eigenvalue weighted by Crippen LogP contribution is -2.15. The normalized spacial score (nSPS) is 13.3. The van der Waals surface area contributed by atoms with E-state index in [1.54, 1.807) is 12.3 Å². The zero-order chi connectivity index (χ0) is 14.1. The third-order valence-electron chi connectivity index (χ3n) is 3.57. The van der Waals surface area contributed by atoms with Crippen LogP contribution in [0.4, 0.5) is 0 Å². The van der Waals surface area contributed by atoms with Gasteiger partial charge in [0.25, 0.3) is 0 Å². The van der Waals surface area contributed by atoms with Crippen molar-refractivity contribution in [3.05, 3.63) is 65.0 Å². The molecule has 2 aromatic rings. The molecule has 0 saturated heterocycles. The van der Waals surface area contributed by atoms with Gasteiger partial charge in [-0.1, -0.05) is 12.1 Å². The van der Waals surface area contributed by atoms with Crippen LogP contribution in [0.3, 0.4) is 0 Å². The van der Waals surface area contributed by atoms with Gasteiger partial charge in [-0.2, -0.15) is 0 Å². The van der Waals surface area contributed by atoms with Crippen molar-refractivity contribution in [3.63, 3.8) is 0 Å². The van der Waals surface area contributed by atoms with Crippen molar-refractivity contribution < 1.29 is 5.11 Å². The summed E-state index contributed by atoms with van der Waals surface area (Å²) in [6.07, 6.45) is 4.60. The number of likely N-dealkylation sites (N-methyl/N-ethyl adjacent to an activating group) is 1. The van der Waals surface area contributed by atoms with E-state index >= 15 is 0 Å². The zero-order valence-electron chi connectivity index (χ0n) is 12.2. The first-order valence-corrected chi connectivity index (χ1v) is 6.74. The highest BCUT2D eigenvalue weighted by Gasteiger charge is 2.23. The highest BCUT2D eigenvalue weighted by molar-refractivity contribution is 5.87. The number of pyridine rings is 1. The molecule has 0 aliphatic heterocycles. The van der Waals surface area contributed by atoms with Crippen LogP contribution in [0.1, 0.15) is 16.7 Å². The van der Waals surface area contributed by atoms with Crippen LogP contribution in [0.15, 0.2) is 48.3 Å². The van der Waals surface area contributed by atoms with Crippen molar-refractivity contribution in [2.75, 3.05) is 20.6 Å². The minimum Gasteiger partial charge on any atom is -0.508 e. The number of phenolic OH excluding ortho intramolecular Hbond substituents is 1. The van der Waals surface area contributed by atoms with Crippen LogP contribution in [0.25, 0.3) is 5.57 Å². The summed E-state index contributed by atoms with van der Waals surface area (Å²) in [4.78, 5) is 6.41. The molecule has 1 N–H and O–H groups in total. The number of nitrogens with zero attached hydrogens (tertiary/aromatic N) is 2. The fraction of sp³-hybridized carbons (Fsp3) is 0.235. The van der Waals surface area contributed by atoms with E-state index < -0.39 is 0 Å². The monoisotopic (exact) mass is 302 g/mol. The van der Waals surface area contributed by atoms with Crippen LogP contribution in [0.5, 0.6) is 5.75 Å². The van der Waals surface area contributed by atoms with Crippen molar-refractivity contribution in [2.24, 2.45) is 0 Å². The molecule has 0 spiro atoms. The maximum atomic E-state index is 9.68. The maximum absolute atomic E-state index is 9.68. The summed E-state index contributed by atoms with van der Waals surface area (Å²) in [5.41, 5.74) is 6.20. The molecule has 4 heteroatoms. The van der Waals surface area contributed by atoms with Gasteiger partial charge in [0.05, 0.1) is 0 Å². The van der Waals surface area contributed by atoms with Gasteiger partial charge in [-0.05, 0) is 61.0 Å². The molecule has 1 aromatic carbocycles. The summed E-state index contributed by atoms with van der Waals surface area (Å²) in [5, 5.41) is 9.68.